The van der Waals surface area contributed by atoms with E-state index in [4.69, 9.17) is 5.73 Å². The number of pyridine rings is 1. The Hall–Kier alpha value is -1.69. The molecule has 0 bridgehead atoms. The summed E-state index contributed by atoms with van der Waals surface area (Å²) < 4.78 is 0. The maximum atomic E-state index is 10.8. The first-order valence-corrected chi connectivity index (χ1v) is 6.19. The van der Waals surface area contributed by atoms with Gasteiger partial charge < -0.3 is 10.6 Å². The summed E-state index contributed by atoms with van der Waals surface area (Å²) >= 11 is 0. The summed E-state index contributed by atoms with van der Waals surface area (Å²) in [6.07, 6.45) is 3.57. The second kappa shape index (κ2) is 5.30. The number of nitrogens with two attached hydrogens (primary N) is 1. The molecule has 1 aliphatic heterocycles. The van der Waals surface area contributed by atoms with Crippen LogP contribution < -0.4 is 10.6 Å². The first-order valence-electron chi connectivity index (χ1n) is 6.19. The van der Waals surface area contributed by atoms with Gasteiger partial charge in [0, 0.05) is 31.4 Å². The average molecular weight is 250 g/mol. The van der Waals surface area contributed by atoms with Crippen LogP contribution in [0.5, 0.6) is 0 Å². The van der Waals surface area contributed by atoms with Gasteiger partial charge in [0.05, 0.1) is 11.0 Å². The van der Waals surface area contributed by atoms with Gasteiger partial charge in [0.25, 0.3) is 5.69 Å². The highest BCUT2D eigenvalue weighted by Crippen LogP contribution is 2.27. The van der Waals surface area contributed by atoms with Crippen LogP contribution >= 0.6 is 0 Å². The maximum Gasteiger partial charge on any atom is 0.274 e. The Bertz CT molecular complexity index is 438. The molecule has 0 radical (unpaired) electrons. The highest BCUT2D eigenvalue weighted by molar-refractivity contribution is 5.47. The van der Waals surface area contributed by atoms with E-state index >= 15 is 0 Å². The lowest BCUT2D eigenvalue weighted by Gasteiger charge is -2.38. The molecule has 2 N–H and O–H groups in total. The Morgan fingerprint density at radius 1 is 1.67 bits per heavy atom. The smallest absolute Gasteiger partial charge is 0.274 e. The number of anilines is 1. The third kappa shape index (κ3) is 2.59. The molecule has 1 saturated heterocycles. The predicted molar refractivity (Wildman–Crippen MR) is 69.5 cm³/mol. The predicted octanol–water partition coefficient (Wildman–Crippen LogP) is 1.55. The number of aromatic nitrogens is 1. The Morgan fingerprint density at radius 3 is 3.11 bits per heavy atom. The Morgan fingerprint density at radius 2 is 2.44 bits per heavy atom. The van der Waals surface area contributed by atoms with E-state index in [9.17, 15) is 10.1 Å². The molecule has 0 amide bonds. The van der Waals surface area contributed by atoms with Crippen molar-refractivity contribution < 1.29 is 4.92 Å². The van der Waals surface area contributed by atoms with Gasteiger partial charge in [-0.05, 0) is 18.8 Å². The first kappa shape index (κ1) is 12.8. The minimum Gasteiger partial charge on any atom is -0.352 e. The molecule has 18 heavy (non-hydrogen) atoms. The van der Waals surface area contributed by atoms with E-state index in [0.29, 0.717) is 18.3 Å². The lowest BCUT2D eigenvalue weighted by molar-refractivity contribution is -0.384. The first-order chi connectivity index (χ1) is 8.61. The minimum atomic E-state index is -0.394. The zero-order chi connectivity index (χ0) is 13.1. The normalized spacial score (nSPS) is 24.0. The lowest BCUT2D eigenvalue weighted by atomic mass is 9.92. The molecule has 1 aliphatic rings. The molecule has 2 heterocycles. The molecule has 2 atom stereocenters. The molecule has 1 aromatic rings. The summed E-state index contributed by atoms with van der Waals surface area (Å²) in [5.41, 5.74) is 5.87. The van der Waals surface area contributed by atoms with Gasteiger partial charge >= 0.3 is 0 Å². The molecule has 1 fully saturated rings. The molecule has 6 heteroatoms. The number of hydrogen-bond donors (Lipinski definition) is 1. The highest BCUT2D eigenvalue weighted by Gasteiger charge is 2.27. The molecule has 1 aromatic heterocycles. The van der Waals surface area contributed by atoms with Gasteiger partial charge in [-0.3, -0.25) is 10.1 Å². The molecule has 0 saturated carbocycles. The summed E-state index contributed by atoms with van der Waals surface area (Å²) in [5.74, 6) is 1.31. The third-order valence-electron chi connectivity index (χ3n) is 3.48. The van der Waals surface area contributed by atoms with Crippen molar-refractivity contribution >= 4 is 11.5 Å². The van der Waals surface area contributed by atoms with Crippen molar-refractivity contribution in [2.75, 3.05) is 18.0 Å². The number of nitrogens with zero attached hydrogens (tertiary/aromatic N) is 3. The number of piperidine rings is 1. The Balaban J connectivity index is 2.24. The highest BCUT2D eigenvalue weighted by atomic mass is 16.6. The van der Waals surface area contributed by atoms with E-state index in [-0.39, 0.29) is 11.7 Å². The Kier molecular flexibility index (Phi) is 3.76. The van der Waals surface area contributed by atoms with Crippen molar-refractivity contribution in [3.63, 3.8) is 0 Å². The van der Waals surface area contributed by atoms with Crippen LogP contribution in [0.4, 0.5) is 11.5 Å². The molecule has 2 unspecified atom stereocenters. The van der Waals surface area contributed by atoms with Crippen molar-refractivity contribution in [2.45, 2.75) is 25.8 Å². The second-order valence-corrected chi connectivity index (χ2v) is 4.84. The average Bonchev–Trinajstić information content (AvgIpc) is 2.38. The van der Waals surface area contributed by atoms with Crippen molar-refractivity contribution in [2.24, 2.45) is 11.7 Å². The van der Waals surface area contributed by atoms with Crippen LogP contribution in [-0.4, -0.2) is 29.0 Å². The summed E-state index contributed by atoms with van der Waals surface area (Å²) in [4.78, 5) is 16.7. The third-order valence-corrected chi connectivity index (χ3v) is 3.48. The molecular formula is C12H18N4O2. The van der Waals surface area contributed by atoms with Gasteiger partial charge in [0.15, 0.2) is 0 Å². The van der Waals surface area contributed by atoms with Crippen LogP contribution in [0.15, 0.2) is 18.3 Å². The van der Waals surface area contributed by atoms with Gasteiger partial charge in [0.2, 0.25) is 0 Å². The summed E-state index contributed by atoms with van der Waals surface area (Å²) in [6.45, 7) is 3.62. The number of rotatable bonds is 3. The monoisotopic (exact) mass is 250 g/mol. The fraction of sp³-hybridized carbons (Fsp3) is 0.583. The summed E-state index contributed by atoms with van der Waals surface area (Å²) in [6, 6.07) is 3.16. The van der Waals surface area contributed by atoms with Crippen LogP contribution in [0.1, 0.15) is 19.8 Å². The van der Waals surface area contributed by atoms with Crippen LogP contribution in [-0.2, 0) is 0 Å². The number of nitro groups is 1. The van der Waals surface area contributed by atoms with Crippen LogP contribution in [0.2, 0.25) is 0 Å². The summed E-state index contributed by atoms with van der Waals surface area (Å²) in [7, 11) is 0. The lowest BCUT2D eigenvalue weighted by Crippen LogP contribution is -2.46. The standard InChI is InChI=1S/C12H18N4O2/c1-9-3-5-15(11(6-9)8-13)12-7-10(16(17)18)2-4-14-12/h2,4,7,9,11H,3,5-6,8,13H2,1H3. The van der Waals surface area contributed by atoms with Gasteiger partial charge in [-0.25, -0.2) is 4.98 Å². The van der Waals surface area contributed by atoms with E-state index in [1.165, 1.54) is 18.3 Å². The van der Waals surface area contributed by atoms with Crippen molar-refractivity contribution in [1.29, 1.82) is 0 Å². The topological polar surface area (TPSA) is 85.3 Å². The fourth-order valence-corrected chi connectivity index (χ4v) is 2.45. The van der Waals surface area contributed by atoms with E-state index in [1.54, 1.807) is 0 Å². The van der Waals surface area contributed by atoms with Gasteiger partial charge in [-0.1, -0.05) is 6.92 Å². The van der Waals surface area contributed by atoms with Crippen LogP contribution in [0.3, 0.4) is 0 Å². The largest absolute Gasteiger partial charge is 0.352 e. The molecular weight excluding hydrogens is 232 g/mol. The fourth-order valence-electron chi connectivity index (χ4n) is 2.45. The Labute approximate surface area is 106 Å². The summed E-state index contributed by atoms with van der Waals surface area (Å²) in [5, 5.41) is 10.8. The van der Waals surface area contributed by atoms with E-state index in [0.717, 1.165) is 19.4 Å². The molecule has 0 aliphatic carbocycles. The maximum absolute atomic E-state index is 10.8. The van der Waals surface area contributed by atoms with Crippen LogP contribution in [0, 0.1) is 16.0 Å². The van der Waals surface area contributed by atoms with Gasteiger partial charge in [0.1, 0.15) is 5.82 Å². The van der Waals surface area contributed by atoms with E-state index in [1.807, 2.05) is 0 Å². The second-order valence-electron chi connectivity index (χ2n) is 4.84. The SMILES string of the molecule is CC1CCN(c2cc([N+](=O)[O-])ccn2)C(CN)C1. The quantitative estimate of drug-likeness (QED) is 0.650. The van der Waals surface area contributed by atoms with Gasteiger partial charge in [-0.2, -0.15) is 0 Å². The van der Waals surface area contributed by atoms with Crippen molar-refractivity contribution in [3.05, 3.63) is 28.4 Å². The minimum absolute atomic E-state index is 0.0781. The zero-order valence-corrected chi connectivity index (χ0v) is 10.5. The van der Waals surface area contributed by atoms with E-state index in [2.05, 4.69) is 16.8 Å². The molecule has 0 aromatic carbocycles. The van der Waals surface area contributed by atoms with Crippen molar-refractivity contribution in [3.8, 4) is 0 Å². The number of hydrogen-bond acceptors (Lipinski definition) is 5. The molecule has 6 nitrogen and oxygen atoms in total. The molecule has 0 spiro atoms. The molecule has 98 valence electrons. The van der Waals surface area contributed by atoms with E-state index < -0.39 is 4.92 Å². The molecule has 2 rings (SSSR count). The van der Waals surface area contributed by atoms with Gasteiger partial charge in [-0.15, -0.1) is 0 Å². The van der Waals surface area contributed by atoms with Crippen molar-refractivity contribution in [1.82, 2.24) is 4.98 Å². The van der Waals surface area contributed by atoms with Crippen LogP contribution in [0.25, 0.3) is 0 Å². The zero-order valence-electron chi connectivity index (χ0n) is 10.5.